The molecule has 1 saturated heterocycles. The molecule has 0 amide bonds. The fourth-order valence-electron chi connectivity index (χ4n) is 4.14. The van der Waals surface area contributed by atoms with E-state index in [1.165, 1.54) is 6.92 Å². The van der Waals surface area contributed by atoms with Gasteiger partial charge in [-0.2, -0.15) is 0 Å². The molecule has 1 aliphatic rings. The molecule has 1 N–H and O–H groups in total. The lowest BCUT2D eigenvalue weighted by atomic mass is 9.78. The highest BCUT2D eigenvalue weighted by Gasteiger charge is 2.43. The molecule has 5 heteroatoms. The summed E-state index contributed by atoms with van der Waals surface area (Å²) in [5.41, 5.74) is 2.99. The Morgan fingerprint density at radius 2 is 1.83 bits per heavy atom. The number of hydrogen-bond acceptors (Lipinski definition) is 4. The number of benzene rings is 2. The summed E-state index contributed by atoms with van der Waals surface area (Å²) < 4.78 is 12.1. The number of carbonyl (C=O) groups is 1. The molecule has 0 radical (unpaired) electrons. The molecule has 156 valence electrons. The van der Waals surface area contributed by atoms with Crippen molar-refractivity contribution in [2.24, 2.45) is 11.8 Å². The maximum Gasteiger partial charge on any atom is 0.303 e. The van der Waals surface area contributed by atoms with E-state index < -0.39 is 0 Å². The summed E-state index contributed by atoms with van der Waals surface area (Å²) in [4.78, 5) is 11.8. The van der Waals surface area contributed by atoms with Crippen LogP contribution in [-0.2, 0) is 20.7 Å². The number of rotatable bonds is 5. The van der Waals surface area contributed by atoms with E-state index in [4.69, 9.17) is 21.1 Å². The van der Waals surface area contributed by atoms with Crippen molar-refractivity contribution in [1.29, 1.82) is 0 Å². The van der Waals surface area contributed by atoms with Crippen molar-refractivity contribution >= 4 is 17.6 Å². The highest BCUT2D eigenvalue weighted by atomic mass is 35.5. The summed E-state index contributed by atoms with van der Waals surface area (Å²) in [6.07, 6.45) is 0.987. The molecule has 2 aromatic carbocycles. The summed E-state index contributed by atoms with van der Waals surface area (Å²) in [5, 5.41) is 10.2. The van der Waals surface area contributed by atoms with E-state index in [0.717, 1.165) is 23.1 Å². The molecule has 1 fully saturated rings. The number of halogens is 1. The fourth-order valence-corrected chi connectivity index (χ4v) is 4.33. The van der Waals surface area contributed by atoms with E-state index in [0.29, 0.717) is 17.4 Å². The van der Waals surface area contributed by atoms with E-state index in [1.54, 1.807) is 12.1 Å². The van der Waals surface area contributed by atoms with Gasteiger partial charge in [0.05, 0.1) is 6.10 Å². The van der Waals surface area contributed by atoms with Crippen LogP contribution in [0.5, 0.6) is 5.75 Å². The van der Waals surface area contributed by atoms with Gasteiger partial charge in [-0.15, -0.1) is 0 Å². The van der Waals surface area contributed by atoms with E-state index in [1.807, 2.05) is 30.3 Å². The Balaban J connectivity index is 1.93. The van der Waals surface area contributed by atoms with Gasteiger partial charge in [0.2, 0.25) is 0 Å². The largest absolute Gasteiger partial charge is 0.508 e. The van der Waals surface area contributed by atoms with Crippen LogP contribution in [0.4, 0.5) is 0 Å². The number of esters is 1. The molecule has 0 aliphatic carbocycles. The van der Waals surface area contributed by atoms with Crippen LogP contribution in [0.3, 0.4) is 0 Å². The summed E-state index contributed by atoms with van der Waals surface area (Å²) >= 11 is 6.47. The van der Waals surface area contributed by atoms with Crippen molar-refractivity contribution in [2.45, 2.75) is 58.8 Å². The third-order valence-electron chi connectivity index (χ3n) is 5.99. The van der Waals surface area contributed by atoms with E-state index in [2.05, 4.69) is 20.8 Å². The van der Waals surface area contributed by atoms with E-state index in [9.17, 15) is 9.90 Å². The minimum Gasteiger partial charge on any atom is -0.508 e. The SMILES string of the molecule is CC[C@H]1OC(c2ccc(Cl)c(Cc3ccc(O)cc3)c2)[C@H](OC(C)=O)[C@@H](C)[C@@H]1C. The Kier molecular flexibility index (Phi) is 6.86. The third kappa shape index (κ3) is 4.93. The van der Waals surface area contributed by atoms with E-state index >= 15 is 0 Å². The van der Waals surface area contributed by atoms with Crippen LogP contribution in [0.25, 0.3) is 0 Å². The highest BCUT2D eigenvalue weighted by molar-refractivity contribution is 6.31. The molecule has 4 nitrogen and oxygen atoms in total. The molecule has 2 aromatic rings. The van der Waals surface area contributed by atoms with Crippen LogP contribution < -0.4 is 0 Å². The Bertz CT molecular complexity index is 848. The van der Waals surface area contributed by atoms with Crippen molar-refractivity contribution in [2.75, 3.05) is 0 Å². The van der Waals surface area contributed by atoms with Crippen molar-refractivity contribution in [3.05, 3.63) is 64.2 Å². The van der Waals surface area contributed by atoms with Crippen molar-refractivity contribution in [1.82, 2.24) is 0 Å². The lowest BCUT2D eigenvalue weighted by molar-refractivity contribution is -0.196. The van der Waals surface area contributed by atoms with Crippen LogP contribution in [0.15, 0.2) is 42.5 Å². The Morgan fingerprint density at radius 1 is 1.14 bits per heavy atom. The molecule has 5 atom stereocenters. The summed E-state index contributed by atoms with van der Waals surface area (Å²) in [7, 11) is 0. The Hall–Kier alpha value is -2.04. The summed E-state index contributed by atoms with van der Waals surface area (Å²) in [6.45, 7) is 7.85. The second-order valence-electron chi connectivity index (χ2n) is 7.99. The molecule has 0 aromatic heterocycles. The summed E-state index contributed by atoms with van der Waals surface area (Å²) in [5.74, 6) is 0.418. The molecular formula is C24H29ClO4. The first-order chi connectivity index (χ1) is 13.8. The first-order valence-electron chi connectivity index (χ1n) is 10.2. The van der Waals surface area contributed by atoms with Gasteiger partial charge in [-0.25, -0.2) is 0 Å². The van der Waals surface area contributed by atoms with Gasteiger partial charge in [0.25, 0.3) is 0 Å². The summed E-state index contributed by atoms with van der Waals surface area (Å²) in [6, 6.07) is 13.0. The second kappa shape index (κ2) is 9.19. The second-order valence-corrected chi connectivity index (χ2v) is 8.40. The first kappa shape index (κ1) is 21.7. The van der Waals surface area contributed by atoms with Crippen LogP contribution in [-0.4, -0.2) is 23.3 Å². The zero-order chi connectivity index (χ0) is 21.1. The number of aromatic hydroxyl groups is 1. The topological polar surface area (TPSA) is 55.8 Å². The van der Waals surface area contributed by atoms with Gasteiger partial charge in [0.1, 0.15) is 18.0 Å². The minimum absolute atomic E-state index is 0.109. The third-order valence-corrected chi connectivity index (χ3v) is 6.36. The lowest BCUT2D eigenvalue weighted by Crippen LogP contribution is -2.46. The van der Waals surface area contributed by atoms with Gasteiger partial charge >= 0.3 is 5.97 Å². The lowest BCUT2D eigenvalue weighted by Gasteiger charge is -2.44. The molecule has 0 saturated carbocycles. The average Bonchev–Trinajstić information content (AvgIpc) is 2.69. The number of carbonyl (C=O) groups excluding carboxylic acids is 1. The molecule has 0 spiro atoms. The number of hydrogen-bond donors (Lipinski definition) is 1. The van der Waals surface area contributed by atoms with Gasteiger partial charge in [-0.1, -0.05) is 56.6 Å². The monoisotopic (exact) mass is 416 g/mol. The molecule has 3 rings (SSSR count). The number of ether oxygens (including phenoxy) is 2. The quantitative estimate of drug-likeness (QED) is 0.636. The van der Waals surface area contributed by atoms with Crippen molar-refractivity contribution in [3.63, 3.8) is 0 Å². The van der Waals surface area contributed by atoms with Crippen LogP contribution >= 0.6 is 11.6 Å². The zero-order valence-electron chi connectivity index (χ0n) is 17.4. The molecular weight excluding hydrogens is 388 g/mol. The van der Waals surface area contributed by atoms with E-state index in [-0.39, 0.29) is 35.9 Å². The van der Waals surface area contributed by atoms with Crippen molar-refractivity contribution in [3.8, 4) is 5.75 Å². The van der Waals surface area contributed by atoms with Gasteiger partial charge in [-0.3, -0.25) is 4.79 Å². The van der Waals surface area contributed by atoms with Gasteiger partial charge < -0.3 is 14.6 Å². The van der Waals surface area contributed by atoms with Crippen LogP contribution in [0.2, 0.25) is 5.02 Å². The first-order valence-corrected chi connectivity index (χ1v) is 10.6. The Labute approximate surface area is 177 Å². The van der Waals surface area contributed by atoms with Gasteiger partial charge in [0, 0.05) is 17.9 Å². The molecule has 29 heavy (non-hydrogen) atoms. The molecule has 1 aliphatic heterocycles. The molecule has 0 bridgehead atoms. The van der Waals surface area contributed by atoms with Crippen LogP contribution in [0, 0.1) is 11.8 Å². The molecule has 1 unspecified atom stereocenters. The highest BCUT2D eigenvalue weighted by Crippen LogP contribution is 2.42. The Morgan fingerprint density at radius 3 is 2.45 bits per heavy atom. The minimum atomic E-state index is -0.340. The smallest absolute Gasteiger partial charge is 0.303 e. The normalized spacial score (nSPS) is 26.9. The predicted octanol–water partition coefficient (Wildman–Crippen LogP) is 5.69. The molecule has 1 heterocycles. The number of phenolic OH excluding ortho intramolecular Hbond substituents is 1. The number of phenols is 1. The van der Waals surface area contributed by atoms with Crippen LogP contribution in [0.1, 0.15) is 56.9 Å². The van der Waals surface area contributed by atoms with Gasteiger partial charge in [-0.05, 0) is 53.6 Å². The average molecular weight is 417 g/mol. The predicted molar refractivity (Wildman–Crippen MR) is 114 cm³/mol. The fraction of sp³-hybridized carbons (Fsp3) is 0.458. The van der Waals surface area contributed by atoms with Crippen molar-refractivity contribution < 1.29 is 19.4 Å². The standard InChI is InChI=1S/C24H29ClO4/c1-5-22-14(2)15(3)23(28-16(4)26)24(29-22)18-8-11-21(25)19(13-18)12-17-6-9-20(27)10-7-17/h6-11,13-15,22-24,27H,5,12H2,1-4H3/t14-,15-,22+,23+,24?/m0/s1. The maximum absolute atomic E-state index is 11.8. The maximum atomic E-state index is 11.8. The zero-order valence-corrected chi connectivity index (χ0v) is 18.1. The van der Waals surface area contributed by atoms with Gasteiger partial charge in [0.15, 0.2) is 0 Å².